The first kappa shape index (κ1) is 35.3. The van der Waals surface area contributed by atoms with Crippen LogP contribution in [0.25, 0.3) is 0 Å². The fourth-order valence-electron chi connectivity index (χ4n) is 3.81. The molecule has 0 aliphatic carbocycles. The second-order valence-corrected chi connectivity index (χ2v) is 8.90. The molecule has 1 aliphatic rings. The number of amides is 3. The third-order valence-corrected chi connectivity index (χ3v) is 5.61. The zero-order chi connectivity index (χ0) is 26.3. The number of hydrogen-bond donors (Lipinski definition) is 4. The number of nitrogens with one attached hydrogen (secondary N) is 2. The number of anilines is 1. The smallest absolute Gasteiger partial charge is 0.872 e. The zero-order valence-corrected chi connectivity index (χ0v) is 25.6. The van der Waals surface area contributed by atoms with Crippen LogP contribution in [0.5, 0.6) is 5.75 Å². The van der Waals surface area contributed by atoms with Crippen LogP contribution in [0.4, 0.5) is 5.69 Å². The molecule has 1 aromatic rings. The summed E-state index contributed by atoms with van der Waals surface area (Å²) in [6.45, 7) is 3.85. The van der Waals surface area contributed by atoms with Crippen molar-refractivity contribution in [3.05, 3.63) is 23.8 Å². The molecule has 1 aromatic carbocycles. The standard InChI is InChI=1S/C23H32N4O8.2Na/c1-12(2)10-16(23(34)35)26-21(32)17-4-3-9-27(17)22(33)14-11-13(5-7-18(14)28)25-20(31)15(24)6-8-19(29)30;;/h5,7,11-12,15-17,28H,3-4,6,8-10,24H2,1-2H3,(H,25,31)(H,26,32)(H,29,30)(H,34,35);;/q;2*+1/p-2/t15-,16-,17-;;/m0../s1. The fourth-order valence-corrected chi connectivity index (χ4v) is 3.81. The summed E-state index contributed by atoms with van der Waals surface area (Å²) in [5.41, 5.74) is 5.48. The van der Waals surface area contributed by atoms with Gasteiger partial charge in [-0.15, -0.1) is 0 Å². The molecular weight excluding hydrogens is 506 g/mol. The van der Waals surface area contributed by atoms with Gasteiger partial charge in [0.2, 0.25) is 11.8 Å². The van der Waals surface area contributed by atoms with Crippen molar-refractivity contribution in [1.82, 2.24) is 10.2 Å². The van der Waals surface area contributed by atoms with Crippen molar-refractivity contribution in [3.8, 4) is 5.75 Å². The number of nitrogens with zero attached hydrogens (tertiary/aromatic N) is 1. The van der Waals surface area contributed by atoms with Crippen molar-refractivity contribution in [2.75, 3.05) is 11.9 Å². The van der Waals surface area contributed by atoms with E-state index in [1.54, 1.807) is 0 Å². The van der Waals surface area contributed by atoms with Crippen molar-refractivity contribution in [2.45, 2.75) is 64.1 Å². The second-order valence-electron chi connectivity index (χ2n) is 8.90. The molecule has 14 heteroatoms. The van der Waals surface area contributed by atoms with Crippen molar-refractivity contribution in [3.63, 3.8) is 0 Å². The number of carboxylic acids is 2. The first-order valence-electron chi connectivity index (χ1n) is 11.3. The quantitative estimate of drug-likeness (QED) is 0.198. The summed E-state index contributed by atoms with van der Waals surface area (Å²) in [5, 5.41) is 37.3. The normalized spacial score (nSPS) is 16.1. The maximum Gasteiger partial charge on any atom is 1.00 e. The largest absolute Gasteiger partial charge is 1.00 e. The van der Waals surface area contributed by atoms with Gasteiger partial charge in [-0.3, -0.25) is 14.4 Å². The third-order valence-electron chi connectivity index (χ3n) is 5.61. The maximum absolute atomic E-state index is 13.1. The van der Waals surface area contributed by atoms with Crippen LogP contribution in [-0.2, 0) is 19.2 Å². The van der Waals surface area contributed by atoms with E-state index < -0.39 is 60.0 Å². The maximum atomic E-state index is 13.1. The van der Waals surface area contributed by atoms with Crippen LogP contribution in [-0.4, -0.2) is 64.3 Å². The molecule has 3 amide bonds. The Morgan fingerprint density at radius 2 is 1.84 bits per heavy atom. The van der Waals surface area contributed by atoms with Crippen molar-refractivity contribution >= 4 is 35.3 Å². The molecule has 5 N–H and O–H groups in total. The minimum Gasteiger partial charge on any atom is -0.872 e. The SMILES string of the molecule is CC(C)C[C@H](NC(=O)[C@@H]1CCCN1C(=O)c1cc(NC(=O)[C@@H](N)CCC(=O)[O-])ccc1[O-])C(=O)O.[Na+].[Na+]. The molecule has 1 fully saturated rings. The van der Waals surface area contributed by atoms with E-state index in [2.05, 4.69) is 10.6 Å². The van der Waals surface area contributed by atoms with E-state index in [9.17, 15) is 39.3 Å². The van der Waals surface area contributed by atoms with Crippen LogP contribution in [0, 0.1) is 5.92 Å². The Labute approximate surface area is 259 Å². The van der Waals surface area contributed by atoms with Crippen LogP contribution in [0.2, 0.25) is 0 Å². The van der Waals surface area contributed by atoms with Crippen LogP contribution < -0.4 is 85.7 Å². The average Bonchev–Trinajstić information content (AvgIpc) is 3.27. The van der Waals surface area contributed by atoms with Gasteiger partial charge in [0.15, 0.2) is 0 Å². The number of aliphatic carboxylic acids is 2. The number of hydrogen-bond acceptors (Lipinski definition) is 8. The Bertz CT molecular complexity index is 991. The Kier molecular flexibility index (Phi) is 15.6. The van der Waals surface area contributed by atoms with E-state index >= 15 is 0 Å². The molecule has 0 radical (unpaired) electrons. The number of nitrogens with two attached hydrogens (primary N) is 1. The molecule has 0 unspecified atom stereocenters. The number of rotatable bonds is 11. The molecule has 1 saturated heterocycles. The number of carboxylic acid groups (broad SMARTS) is 2. The van der Waals surface area contributed by atoms with Gasteiger partial charge in [-0.05, 0) is 50.2 Å². The molecule has 0 bridgehead atoms. The monoisotopic (exact) mass is 536 g/mol. The Morgan fingerprint density at radius 3 is 2.41 bits per heavy atom. The number of benzene rings is 1. The summed E-state index contributed by atoms with van der Waals surface area (Å²) >= 11 is 0. The molecule has 192 valence electrons. The Balaban J connectivity index is 0.00000648. The van der Waals surface area contributed by atoms with Crippen LogP contribution in [0.3, 0.4) is 0 Å². The van der Waals surface area contributed by atoms with Gasteiger partial charge in [-0.25, -0.2) is 4.79 Å². The van der Waals surface area contributed by atoms with Gasteiger partial charge in [0.05, 0.1) is 6.04 Å². The number of carbonyl (C=O) groups excluding carboxylic acids is 4. The van der Waals surface area contributed by atoms with E-state index in [-0.39, 0.29) is 95.7 Å². The third kappa shape index (κ3) is 10.5. The fraction of sp³-hybridized carbons (Fsp3) is 0.522. The predicted octanol–water partition coefficient (Wildman–Crippen LogP) is -7.22. The summed E-state index contributed by atoms with van der Waals surface area (Å²) in [7, 11) is 0. The van der Waals surface area contributed by atoms with Gasteiger partial charge >= 0.3 is 65.1 Å². The van der Waals surface area contributed by atoms with Crippen molar-refractivity contribution in [1.29, 1.82) is 0 Å². The summed E-state index contributed by atoms with van der Waals surface area (Å²) in [5.74, 6) is -5.16. The van der Waals surface area contributed by atoms with Crippen LogP contribution in [0.15, 0.2) is 18.2 Å². The van der Waals surface area contributed by atoms with Crippen molar-refractivity contribution < 1.29 is 98.4 Å². The number of likely N-dealkylation sites (tertiary alicyclic amines) is 1. The van der Waals surface area contributed by atoms with Gasteiger partial charge < -0.3 is 41.4 Å². The van der Waals surface area contributed by atoms with Gasteiger partial charge in [0.25, 0.3) is 5.91 Å². The van der Waals surface area contributed by atoms with E-state index in [0.717, 1.165) is 6.07 Å². The molecule has 37 heavy (non-hydrogen) atoms. The molecular formula is C23H30N4Na2O8. The molecule has 0 spiro atoms. The Morgan fingerprint density at radius 1 is 1.19 bits per heavy atom. The predicted molar refractivity (Wildman–Crippen MR) is 120 cm³/mol. The van der Waals surface area contributed by atoms with Gasteiger partial charge in [-0.2, -0.15) is 0 Å². The van der Waals surface area contributed by atoms with E-state index in [4.69, 9.17) is 5.73 Å². The first-order chi connectivity index (χ1) is 16.4. The molecule has 2 rings (SSSR count). The number of carbonyl (C=O) groups is 5. The molecule has 0 aromatic heterocycles. The average molecular weight is 536 g/mol. The minimum absolute atomic E-state index is 0. The van der Waals surface area contributed by atoms with Gasteiger partial charge in [-0.1, -0.05) is 25.7 Å². The second kappa shape index (κ2) is 16.3. The van der Waals surface area contributed by atoms with Crippen LogP contribution in [0.1, 0.15) is 56.3 Å². The van der Waals surface area contributed by atoms with E-state index in [1.165, 1.54) is 17.0 Å². The zero-order valence-electron chi connectivity index (χ0n) is 21.6. The van der Waals surface area contributed by atoms with Crippen molar-refractivity contribution in [2.24, 2.45) is 11.7 Å². The summed E-state index contributed by atoms with van der Waals surface area (Å²) < 4.78 is 0. The van der Waals surface area contributed by atoms with E-state index in [0.29, 0.717) is 12.8 Å². The van der Waals surface area contributed by atoms with Gasteiger partial charge in [0.1, 0.15) is 12.1 Å². The van der Waals surface area contributed by atoms with E-state index in [1.807, 2.05) is 13.8 Å². The summed E-state index contributed by atoms with van der Waals surface area (Å²) in [4.78, 5) is 61.4. The molecule has 0 saturated carbocycles. The van der Waals surface area contributed by atoms with Crippen LogP contribution >= 0.6 is 0 Å². The molecule has 12 nitrogen and oxygen atoms in total. The molecule has 1 aliphatic heterocycles. The topological polar surface area (TPSA) is 205 Å². The summed E-state index contributed by atoms with van der Waals surface area (Å²) in [6.07, 6.45) is 0.459. The Hall–Kier alpha value is -1.67. The molecule has 3 atom stereocenters. The minimum atomic E-state index is -1.35. The molecule has 1 heterocycles. The first-order valence-corrected chi connectivity index (χ1v) is 11.3. The van der Waals surface area contributed by atoms with Gasteiger partial charge in [0, 0.05) is 23.8 Å². The summed E-state index contributed by atoms with van der Waals surface area (Å²) in [6, 6.07) is 0.352.